The molecule has 0 unspecified atom stereocenters. The van der Waals surface area contributed by atoms with Crippen LogP contribution in [-0.4, -0.2) is 26.5 Å². The molecule has 1 saturated carbocycles. The van der Waals surface area contributed by atoms with Gasteiger partial charge in [-0.3, -0.25) is 9.59 Å². The zero-order chi connectivity index (χ0) is 21.1. The molecule has 0 aliphatic heterocycles. The van der Waals surface area contributed by atoms with Crippen LogP contribution in [0, 0.1) is 24.6 Å². The third-order valence-corrected chi connectivity index (χ3v) is 5.93. The summed E-state index contributed by atoms with van der Waals surface area (Å²) in [6, 6.07) is 8.17. The van der Waals surface area contributed by atoms with Crippen molar-refractivity contribution in [2.45, 2.75) is 45.4 Å². The predicted molar refractivity (Wildman–Crippen MR) is 108 cm³/mol. The number of carbonyl (C=O) groups excluding carboxylic acids is 2. The lowest BCUT2D eigenvalue weighted by molar-refractivity contribution is -0.123. The summed E-state index contributed by atoms with van der Waals surface area (Å²) in [5.41, 5.74) is 1.56. The maximum Gasteiger partial charge on any atom is 0.168 e. The van der Waals surface area contributed by atoms with Crippen LogP contribution in [-0.2, 0) is 11.2 Å². The van der Waals surface area contributed by atoms with Crippen LogP contribution in [0.3, 0.4) is 0 Å². The molecule has 0 N–H and O–H groups in total. The summed E-state index contributed by atoms with van der Waals surface area (Å²) in [5.74, 6) is 0.700. The van der Waals surface area contributed by atoms with Crippen LogP contribution in [0.4, 0.5) is 4.39 Å². The first-order valence-corrected chi connectivity index (χ1v) is 10.3. The fourth-order valence-electron chi connectivity index (χ4n) is 4.18. The molecule has 4 rings (SSSR count). The molecule has 0 radical (unpaired) electrons. The fourth-order valence-corrected chi connectivity index (χ4v) is 4.18. The van der Waals surface area contributed by atoms with Gasteiger partial charge in [0.05, 0.1) is 23.9 Å². The first kappa shape index (κ1) is 20.2. The van der Waals surface area contributed by atoms with Crippen LogP contribution in [0.15, 0.2) is 47.2 Å². The molecule has 0 saturated heterocycles. The average molecular weight is 409 g/mol. The number of ketones is 2. The number of aryl methyl sites for hydroxylation is 1. The normalized spacial score (nSPS) is 19.0. The lowest BCUT2D eigenvalue weighted by Crippen LogP contribution is -2.24. The number of rotatable bonds is 7. The van der Waals surface area contributed by atoms with Crippen LogP contribution in [0.25, 0.3) is 5.69 Å². The maximum atomic E-state index is 13.9. The molecule has 1 aliphatic carbocycles. The Hall–Kier alpha value is -3.09. The van der Waals surface area contributed by atoms with E-state index in [1.807, 2.05) is 0 Å². The highest BCUT2D eigenvalue weighted by atomic mass is 19.1. The van der Waals surface area contributed by atoms with E-state index in [0.29, 0.717) is 29.1 Å². The van der Waals surface area contributed by atoms with Crippen LogP contribution in [0.2, 0.25) is 0 Å². The minimum absolute atomic E-state index is 0.00714. The van der Waals surface area contributed by atoms with Gasteiger partial charge in [0.1, 0.15) is 23.0 Å². The minimum Gasteiger partial charge on any atom is -0.361 e. The number of para-hydroxylation sites is 1. The Morgan fingerprint density at radius 2 is 1.93 bits per heavy atom. The van der Waals surface area contributed by atoms with Gasteiger partial charge in [0, 0.05) is 18.5 Å². The van der Waals surface area contributed by atoms with Crippen molar-refractivity contribution in [3.8, 4) is 5.69 Å². The van der Waals surface area contributed by atoms with Crippen LogP contribution < -0.4 is 0 Å². The zero-order valence-electron chi connectivity index (χ0n) is 16.9. The van der Waals surface area contributed by atoms with Gasteiger partial charge in [-0.25, -0.2) is 9.07 Å². The number of hydrogen-bond donors (Lipinski definition) is 0. The first-order chi connectivity index (χ1) is 14.5. The Bertz CT molecular complexity index is 1050. The molecule has 0 spiro atoms. The van der Waals surface area contributed by atoms with Gasteiger partial charge in [-0.1, -0.05) is 17.3 Å². The van der Waals surface area contributed by atoms with Crippen LogP contribution >= 0.6 is 0 Å². The summed E-state index contributed by atoms with van der Waals surface area (Å²) in [4.78, 5) is 25.1. The highest BCUT2D eigenvalue weighted by molar-refractivity contribution is 5.96. The predicted octanol–water partition coefficient (Wildman–Crippen LogP) is 4.50. The summed E-state index contributed by atoms with van der Waals surface area (Å²) in [7, 11) is 0. The molecule has 0 amide bonds. The van der Waals surface area contributed by atoms with E-state index in [9.17, 15) is 14.0 Å². The Morgan fingerprint density at radius 3 is 2.63 bits per heavy atom. The van der Waals surface area contributed by atoms with Crippen molar-refractivity contribution in [2.75, 3.05) is 0 Å². The largest absolute Gasteiger partial charge is 0.361 e. The number of nitrogens with zero attached hydrogens (tertiary/aromatic N) is 3. The van der Waals surface area contributed by atoms with E-state index in [2.05, 4.69) is 10.3 Å². The molecule has 30 heavy (non-hydrogen) atoms. The van der Waals surface area contributed by atoms with E-state index in [4.69, 9.17) is 4.52 Å². The zero-order valence-corrected chi connectivity index (χ0v) is 16.9. The molecule has 2 heterocycles. The molecule has 156 valence electrons. The second-order valence-corrected chi connectivity index (χ2v) is 7.99. The number of Topliss-reactive ketones (excluding diaryl/α,β-unsaturated/α-hetero) is 2. The van der Waals surface area contributed by atoms with E-state index < -0.39 is 0 Å². The lowest BCUT2D eigenvalue weighted by atomic mass is 9.77. The highest BCUT2D eigenvalue weighted by Crippen LogP contribution is 2.33. The van der Waals surface area contributed by atoms with Gasteiger partial charge in [0.15, 0.2) is 5.78 Å². The molecule has 2 aromatic heterocycles. The molecule has 1 fully saturated rings. The molecule has 3 aromatic rings. The molecule has 0 bridgehead atoms. The lowest BCUT2D eigenvalue weighted by Gasteiger charge is -2.27. The number of carbonyl (C=O) groups is 2. The molecule has 1 aliphatic rings. The van der Waals surface area contributed by atoms with Crippen molar-refractivity contribution in [3.63, 3.8) is 0 Å². The Kier molecular flexibility index (Phi) is 5.88. The van der Waals surface area contributed by atoms with Crippen molar-refractivity contribution in [1.29, 1.82) is 0 Å². The summed E-state index contributed by atoms with van der Waals surface area (Å²) in [6.45, 7) is 1.74. The highest BCUT2D eigenvalue weighted by Gasteiger charge is 2.28. The van der Waals surface area contributed by atoms with Gasteiger partial charge in [-0.15, -0.1) is 0 Å². The van der Waals surface area contributed by atoms with Gasteiger partial charge in [0.2, 0.25) is 0 Å². The molecule has 0 atom stereocenters. The van der Waals surface area contributed by atoms with Crippen LogP contribution in [0.1, 0.15) is 53.9 Å². The maximum absolute atomic E-state index is 13.9. The van der Waals surface area contributed by atoms with Crippen molar-refractivity contribution in [3.05, 3.63) is 65.6 Å². The van der Waals surface area contributed by atoms with E-state index in [0.717, 1.165) is 25.7 Å². The summed E-state index contributed by atoms with van der Waals surface area (Å²) in [5, 5.41) is 8.03. The SMILES string of the molecule is Cc1oncc1C(=O)CC1CCC(C(=O)Cc2ccn(-c3ccccc3F)n2)CC1. The third-order valence-electron chi connectivity index (χ3n) is 5.93. The van der Waals surface area contributed by atoms with Crippen molar-refractivity contribution >= 4 is 11.6 Å². The quantitative estimate of drug-likeness (QED) is 0.537. The van der Waals surface area contributed by atoms with Gasteiger partial charge in [0.25, 0.3) is 0 Å². The molecule has 7 heteroatoms. The molecule has 6 nitrogen and oxygen atoms in total. The number of benzene rings is 1. The summed E-state index contributed by atoms with van der Waals surface area (Å²) >= 11 is 0. The van der Waals surface area contributed by atoms with Gasteiger partial charge >= 0.3 is 0 Å². The number of halogens is 1. The van der Waals surface area contributed by atoms with Crippen molar-refractivity contribution in [1.82, 2.24) is 14.9 Å². The number of aromatic nitrogens is 3. The van der Waals surface area contributed by atoms with Gasteiger partial charge in [-0.05, 0) is 56.7 Å². The third kappa shape index (κ3) is 4.40. The second-order valence-electron chi connectivity index (χ2n) is 7.99. The average Bonchev–Trinajstić information content (AvgIpc) is 3.38. The van der Waals surface area contributed by atoms with E-state index in [1.165, 1.54) is 16.9 Å². The first-order valence-electron chi connectivity index (χ1n) is 10.3. The van der Waals surface area contributed by atoms with Gasteiger partial charge < -0.3 is 4.52 Å². The second kappa shape index (κ2) is 8.73. The fraction of sp³-hybridized carbons (Fsp3) is 0.391. The number of hydrogen-bond acceptors (Lipinski definition) is 5. The summed E-state index contributed by atoms with van der Waals surface area (Å²) < 4.78 is 20.4. The topological polar surface area (TPSA) is 78.0 Å². The summed E-state index contributed by atoms with van der Waals surface area (Å²) in [6.07, 6.45) is 7.16. The Balaban J connectivity index is 1.29. The van der Waals surface area contributed by atoms with E-state index in [1.54, 1.807) is 37.4 Å². The molecular weight excluding hydrogens is 385 g/mol. The standard InChI is InChI=1S/C23H24FN3O3/c1-15-19(14-25-30-15)23(29)12-16-6-8-17(9-7-16)22(28)13-18-10-11-27(26-18)21-5-3-2-4-20(21)24/h2-5,10-11,14,16-17H,6-9,12-13H2,1H3. The van der Waals surface area contributed by atoms with Gasteiger partial charge in [-0.2, -0.15) is 5.10 Å². The Labute approximate surface area is 174 Å². The minimum atomic E-state index is -0.354. The van der Waals surface area contributed by atoms with Crippen molar-refractivity contribution < 1.29 is 18.5 Å². The van der Waals surface area contributed by atoms with E-state index in [-0.39, 0.29) is 35.6 Å². The monoisotopic (exact) mass is 409 g/mol. The molecule has 1 aromatic carbocycles. The smallest absolute Gasteiger partial charge is 0.168 e. The van der Waals surface area contributed by atoms with Crippen LogP contribution in [0.5, 0.6) is 0 Å². The molecular formula is C23H24FN3O3. The van der Waals surface area contributed by atoms with E-state index >= 15 is 0 Å². The van der Waals surface area contributed by atoms with Crippen molar-refractivity contribution in [2.24, 2.45) is 11.8 Å². The Morgan fingerprint density at radius 1 is 1.17 bits per heavy atom.